The fourth-order valence-corrected chi connectivity index (χ4v) is 1.90. The minimum Gasteiger partial charge on any atom is -0.332 e. The van der Waals surface area contributed by atoms with Gasteiger partial charge >= 0.3 is 0 Å². The molecule has 0 radical (unpaired) electrons. The maximum Gasteiger partial charge on any atom is 0.111 e. The van der Waals surface area contributed by atoms with Crippen LogP contribution < -0.4 is 5.73 Å². The van der Waals surface area contributed by atoms with E-state index in [1.54, 1.807) is 13.1 Å². The van der Waals surface area contributed by atoms with Gasteiger partial charge in [-0.1, -0.05) is 13.8 Å². The maximum absolute atomic E-state index is 8.92. The van der Waals surface area contributed by atoms with E-state index >= 15 is 0 Å². The van der Waals surface area contributed by atoms with E-state index in [0.717, 1.165) is 5.82 Å². The zero-order valence-corrected chi connectivity index (χ0v) is 10.4. The van der Waals surface area contributed by atoms with Gasteiger partial charge in [0.25, 0.3) is 0 Å². The van der Waals surface area contributed by atoms with Crippen LogP contribution in [-0.4, -0.2) is 15.1 Å². The maximum atomic E-state index is 8.92. The van der Waals surface area contributed by atoms with Gasteiger partial charge < -0.3 is 10.3 Å². The molecule has 88 valence electrons. The van der Waals surface area contributed by atoms with Crippen LogP contribution in [0.15, 0.2) is 12.4 Å². The molecule has 16 heavy (non-hydrogen) atoms. The Hall–Kier alpha value is -1.34. The monoisotopic (exact) mass is 220 g/mol. The molecule has 1 heterocycles. The van der Waals surface area contributed by atoms with Crippen molar-refractivity contribution in [3.63, 3.8) is 0 Å². The number of nitrogens with zero attached hydrogens (tertiary/aromatic N) is 3. The van der Waals surface area contributed by atoms with Crippen LogP contribution >= 0.6 is 0 Å². The first kappa shape index (κ1) is 12.7. The van der Waals surface area contributed by atoms with Crippen molar-refractivity contribution in [1.29, 1.82) is 5.26 Å². The first-order chi connectivity index (χ1) is 7.37. The summed E-state index contributed by atoms with van der Waals surface area (Å²) in [5, 5.41) is 8.92. The average molecular weight is 220 g/mol. The fourth-order valence-electron chi connectivity index (χ4n) is 1.90. The van der Waals surface area contributed by atoms with Gasteiger partial charge in [0.1, 0.15) is 11.4 Å². The van der Waals surface area contributed by atoms with E-state index in [1.807, 2.05) is 6.20 Å². The van der Waals surface area contributed by atoms with Crippen molar-refractivity contribution in [2.75, 3.05) is 0 Å². The molecular formula is C12H20N4. The molecule has 2 N–H and O–H groups in total. The smallest absolute Gasteiger partial charge is 0.111 e. The summed E-state index contributed by atoms with van der Waals surface area (Å²) in [6, 6.07) is 2.32. The zero-order chi connectivity index (χ0) is 12.3. The van der Waals surface area contributed by atoms with Crippen molar-refractivity contribution in [3.8, 4) is 6.07 Å². The van der Waals surface area contributed by atoms with Gasteiger partial charge in [-0.3, -0.25) is 0 Å². The summed E-state index contributed by atoms with van der Waals surface area (Å²) in [5.74, 6) is 1.42. The highest BCUT2D eigenvalue weighted by Crippen LogP contribution is 2.23. The fraction of sp³-hybridized carbons (Fsp3) is 0.667. The summed E-state index contributed by atoms with van der Waals surface area (Å²) in [7, 11) is 0. The highest BCUT2D eigenvalue weighted by Gasteiger charge is 2.23. The Morgan fingerprint density at radius 3 is 2.69 bits per heavy atom. The van der Waals surface area contributed by atoms with Gasteiger partial charge in [0.05, 0.1) is 6.07 Å². The first-order valence-corrected chi connectivity index (χ1v) is 5.60. The quantitative estimate of drug-likeness (QED) is 0.845. The molecule has 0 bridgehead atoms. The van der Waals surface area contributed by atoms with Crippen LogP contribution in [0.4, 0.5) is 0 Å². The largest absolute Gasteiger partial charge is 0.332 e. The van der Waals surface area contributed by atoms with Gasteiger partial charge in [-0.15, -0.1) is 0 Å². The molecule has 4 nitrogen and oxygen atoms in total. The van der Waals surface area contributed by atoms with Crippen LogP contribution in [0.1, 0.15) is 51.9 Å². The average Bonchev–Trinajstić information content (AvgIpc) is 2.65. The number of aromatic nitrogens is 2. The molecule has 4 heteroatoms. The minimum atomic E-state index is -0.780. The molecule has 0 aliphatic carbocycles. The molecule has 0 aliphatic rings. The number of nitrogens with two attached hydrogens (primary N) is 1. The predicted molar refractivity (Wildman–Crippen MR) is 63.8 cm³/mol. The molecule has 1 rings (SSSR count). The Morgan fingerprint density at radius 2 is 2.19 bits per heavy atom. The van der Waals surface area contributed by atoms with Gasteiger partial charge in [-0.05, 0) is 20.3 Å². The van der Waals surface area contributed by atoms with Crippen molar-refractivity contribution < 1.29 is 0 Å². The molecule has 2 unspecified atom stereocenters. The van der Waals surface area contributed by atoms with E-state index in [-0.39, 0.29) is 6.04 Å². The Kier molecular flexibility index (Phi) is 3.71. The number of nitriles is 1. The van der Waals surface area contributed by atoms with Crippen LogP contribution in [0.3, 0.4) is 0 Å². The van der Waals surface area contributed by atoms with Gasteiger partial charge in [0.2, 0.25) is 0 Å². The second-order valence-electron chi connectivity index (χ2n) is 4.93. The number of hydrogen-bond acceptors (Lipinski definition) is 3. The van der Waals surface area contributed by atoms with Crippen LogP contribution in [0.2, 0.25) is 0 Å². The second kappa shape index (κ2) is 4.67. The lowest BCUT2D eigenvalue weighted by Gasteiger charge is -2.24. The SMILES string of the molecule is CC(C)c1nccn1C(C)CC(C)(N)C#N. The lowest BCUT2D eigenvalue weighted by atomic mass is 9.96. The molecule has 0 saturated carbocycles. The molecule has 0 aromatic carbocycles. The molecule has 0 amide bonds. The molecular weight excluding hydrogens is 200 g/mol. The summed E-state index contributed by atoms with van der Waals surface area (Å²) < 4.78 is 2.10. The topological polar surface area (TPSA) is 67.6 Å². The molecule has 2 atom stereocenters. The Morgan fingerprint density at radius 1 is 1.56 bits per heavy atom. The van der Waals surface area contributed by atoms with Crippen molar-refractivity contribution in [2.45, 2.75) is 51.6 Å². The van der Waals surface area contributed by atoms with Gasteiger partial charge in [-0.2, -0.15) is 5.26 Å². The van der Waals surface area contributed by atoms with Crippen molar-refractivity contribution in [2.24, 2.45) is 5.73 Å². The van der Waals surface area contributed by atoms with E-state index in [4.69, 9.17) is 11.0 Å². The van der Waals surface area contributed by atoms with Crippen LogP contribution in [0.25, 0.3) is 0 Å². The lowest BCUT2D eigenvalue weighted by Crippen LogP contribution is -2.36. The van der Waals surface area contributed by atoms with Crippen LogP contribution in [0, 0.1) is 11.3 Å². The van der Waals surface area contributed by atoms with E-state index in [2.05, 4.69) is 36.4 Å². The summed E-state index contributed by atoms with van der Waals surface area (Å²) in [6.07, 6.45) is 4.37. The minimum absolute atomic E-state index is 0.189. The van der Waals surface area contributed by atoms with Gasteiger partial charge in [0.15, 0.2) is 0 Å². The molecule has 0 saturated heterocycles. The normalized spacial score (nSPS) is 16.8. The van der Waals surface area contributed by atoms with E-state index < -0.39 is 5.54 Å². The molecule has 0 fully saturated rings. The van der Waals surface area contributed by atoms with Crippen molar-refractivity contribution in [1.82, 2.24) is 9.55 Å². The van der Waals surface area contributed by atoms with E-state index in [0.29, 0.717) is 12.3 Å². The second-order valence-corrected chi connectivity index (χ2v) is 4.93. The Labute approximate surface area is 97.1 Å². The van der Waals surface area contributed by atoms with Crippen LogP contribution in [-0.2, 0) is 0 Å². The van der Waals surface area contributed by atoms with Gasteiger partial charge in [-0.25, -0.2) is 4.98 Å². The highest BCUT2D eigenvalue weighted by molar-refractivity contribution is 5.05. The van der Waals surface area contributed by atoms with E-state index in [1.165, 1.54) is 0 Å². The third kappa shape index (κ3) is 2.83. The number of imidazole rings is 1. The Bertz CT molecular complexity index is 384. The molecule has 1 aromatic rings. The van der Waals surface area contributed by atoms with Crippen molar-refractivity contribution >= 4 is 0 Å². The first-order valence-electron chi connectivity index (χ1n) is 5.60. The van der Waals surface area contributed by atoms with Crippen LogP contribution in [0.5, 0.6) is 0 Å². The summed E-state index contributed by atoms with van der Waals surface area (Å²) >= 11 is 0. The number of rotatable bonds is 4. The number of hydrogen-bond donors (Lipinski definition) is 1. The van der Waals surface area contributed by atoms with Gasteiger partial charge in [0, 0.05) is 24.4 Å². The standard InChI is InChI=1S/C12H20N4/c1-9(2)11-15-5-6-16(11)10(3)7-12(4,14)8-13/h5-6,9-10H,7,14H2,1-4H3. The summed E-state index contributed by atoms with van der Waals surface area (Å²) in [4.78, 5) is 4.33. The zero-order valence-electron chi connectivity index (χ0n) is 10.4. The summed E-state index contributed by atoms with van der Waals surface area (Å²) in [5.41, 5.74) is 5.07. The Balaban J connectivity index is 2.86. The summed E-state index contributed by atoms with van der Waals surface area (Å²) in [6.45, 7) is 8.04. The van der Waals surface area contributed by atoms with Crippen molar-refractivity contribution in [3.05, 3.63) is 18.2 Å². The highest BCUT2D eigenvalue weighted by atomic mass is 15.1. The molecule has 1 aromatic heterocycles. The third-order valence-corrected chi connectivity index (χ3v) is 2.66. The predicted octanol–water partition coefficient (Wildman–Crippen LogP) is 2.20. The van der Waals surface area contributed by atoms with E-state index in [9.17, 15) is 0 Å². The third-order valence-electron chi connectivity index (χ3n) is 2.66. The molecule has 0 spiro atoms. The molecule has 0 aliphatic heterocycles. The lowest BCUT2D eigenvalue weighted by molar-refractivity contribution is 0.400.